The molecule has 2 rings (SSSR count). The summed E-state index contributed by atoms with van der Waals surface area (Å²) in [5.41, 5.74) is 0. The maximum absolute atomic E-state index is 11.9. The van der Waals surface area contributed by atoms with Gasteiger partial charge in [-0.2, -0.15) is 0 Å². The fraction of sp³-hybridized carbons (Fsp3) is 0.643. The molecule has 112 valence electrons. The minimum absolute atomic E-state index is 0.106. The van der Waals surface area contributed by atoms with E-state index in [1.54, 1.807) is 6.92 Å². The molecule has 0 aromatic carbocycles. The van der Waals surface area contributed by atoms with Crippen LogP contribution in [-0.4, -0.2) is 31.3 Å². The molecule has 6 heteroatoms. The number of amides is 1. The summed E-state index contributed by atoms with van der Waals surface area (Å²) in [7, 11) is 0. The quantitative estimate of drug-likeness (QED) is 0.877. The molecule has 1 amide bonds. The summed E-state index contributed by atoms with van der Waals surface area (Å²) >= 11 is 7.31. The zero-order valence-electron chi connectivity index (χ0n) is 11.6. The van der Waals surface area contributed by atoms with Gasteiger partial charge in [0, 0.05) is 11.5 Å². The molecule has 0 unspecified atom stereocenters. The Balaban J connectivity index is 1.66. The highest BCUT2D eigenvalue weighted by molar-refractivity contribution is 7.16. The number of halogens is 1. The van der Waals surface area contributed by atoms with E-state index >= 15 is 0 Å². The van der Waals surface area contributed by atoms with E-state index in [4.69, 9.17) is 21.1 Å². The van der Waals surface area contributed by atoms with Crippen molar-refractivity contribution in [3.63, 3.8) is 0 Å². The van der Waals surface area contributed by atoms with E-state index in [2.05, 4.69) is 5.32 Å². The summed E-state index contributed by atoms with van der Waals surface area (Å²) < 4.78 is 11.9. The Bertz CT molecular complexity index is 432. The Hall–Kier alpha value is -0.620. The van der Waals surface area contributed by atoms with Crippen molar-refractivity contribution in [3.8, 4) is 0 Å². The second-order valence-electron chi connectivity index (χ2n) is 4.89. The van der Waals surface area contributed by atoms with E-state index < -0.39 is 6.10 Å². The molecule has 2 heterocycles. The van der Waals surface area contributed by atoms with Gasteiger partial charge in [-0.05, 0) is 38.3 Å². The fourth-order valence-corrected chi connectivity index (χ4v) is 3.06. The molecule has 0 aliphatic carbocycles. The zero-order chi connectivity index (χ0) is 14.4. The van der Waals surface area contributed by atoms with Gasteiger partial charge < -0.3 is 14.8 Å². The molecule has 1 aromatic rings. The highest BCUT2D eigenvalue weighted by atomic mass is 35.5. The Morgan fingerprint density at radius 2 is 2.45 bits per heavy atom. The van der Waals surface area contributed by atoms with Crippen molar-refractivity contribution in [1.29, 1.82) is 0 Å². The maximum Gasteiger partial charge on any atom is 0.249 e. The first kappa shape index (κ1) is 15.8. The van der Waals surface area contributed by atoms with E-state index in [-0.39, 0.29) is 12.0 Å². The number of thiophene rings is 1. The molecule has 1 aromatic heterocycles. The summed E-state index contributed by atoms with van der Waals surface area (Å²) in [6.45, 7) is 3.54. The van der Waals surface area contributed by atoms with Crippen LogP contribution >= 0.6 is 22.9 Å². The second kappa shape index (κ2) is 7.98. The van der Waals surface area contributed by atoms with Crippen molar-refractivity contribution in [2.24, 2.45) is 0 Å². The van der Waals surface area contributed by atoms with Gasteiger partial charge in [0.2, 0.25) is 5.91 Å². The van der Waals surface area contributed by atoms with Gasteiger partial charge in [-0.15, -0.1) is 11.3 Å². The van der Waals surface area contributed by atoms with Crippen LogP contribution in [0.4, 0.5) is 0 Å². The summed E-state index contributed by atoms with van der Waals surface area (Å²) in [5.74, 6) is -0.106. The zero-order valence-corrected chi connectivity index (χ0v) is 13.1. The van der Waals surface area contributed by atoms with Crippen LogP contribution in [-0.2, 0) is 20.8 Å². The van der Waals surface area contributed by atoms with Crippen molar-refractivity contribution in [2.45, 2.75) is 44.9 Å². The minimum Gasteiger partial charge on any atom is -0.376 e. The number of rotatable bonds is 6. The lowest BCUT2D eigenvalue weighted by Crippen LogP contribution is -2.36. The lowest BCUT2D eigenvalue weighted by Gasteiger charge is -2.23. The summed E-state index contributed by atoms with van der Waals surface area (Å²) in [6.07, 6.45) is 2.98. The summed E-state index contributed by atoms with van der Waals surface area (Å²) in [5, 5.41) is 2.85. The van der Waals surface area contributed by atoms with Gasteiger partial charge in [-0.1, -0.05) is 11.6 Å². The first-order chi connectivity index (χ1) is 9.65. The van der Waals surface area contributed by atoms with E-state index in [1.807, 2.05) is 12.1 Å². The van der Waals surface area contributed by atoms with Crippen molar-refractivity contribution in [2.75, 3.05) is 13.2 Å². The molecule has 1 N–H and O–H groups in total. The SMILES string of the molecule is C[C@@H](OC[C@H]1CCCCO1)C(=O)NCc1ccc(Cl)s1. The van der Waals surface area contributed by atoms with Crippen molar-refractivity contribution in [3.05, 3.63) is 21.3 Å². The van der Waals surface area contributed by atoms with Gasteiger partial charge in [0.15, 0.2) is 0 Å². The molecule has 1 aliphatic heterocycles. The predicted molar refractivity (Wildman–Crippen MR) is 80.2 cm³/mol. The molecule has 1 saturated heterocycles. The predicted octanol–water partition coefficient (Wildman–Crippen LogP) is 2.99. The van der Waals surface area contributed by atoms with Crippen molar-refractivity contribution < 1.29 is 14.3 Å². The molecule has 0 saturated carbocycles. The Morgan fingerprint density at radius 1 is 1.60 bits per heavy atom. The largest absolute Gasteiger partial charge is 0.376 e. The number of ether oxygens (including phenoxy) is 2. The van der Waals surface area contributed by atoms with E-state index in [9.17, 15) is 4.79 Å². The molecule has 1 aliphatic rings. The summed E-state index contributed by atoms with van der Waals surface area (Å²) in [6, 6.07) is 3.74. The highest BCUT2D eigenvalue weighted by Crippen LogP contribution is 2.21. The smallest absolute Gasteiger partial charge is 0.249 e. The van der Waals surface area contributed by atoms with Gasteiger partial charge >= 0.3 is 0 Å². The third-order valence-corrected chi connectivity index (χ3v) is 4.47. The molecule has 20 heavy (non-hydrogen) atoms. The number of carbonyl (C=O) groups excluding carboxylic acids is 1. The Labute approximate surface area is 128 Å². The lowest BCUT2D eigenvalue weighted by molar-refractivity contribution is -0.135. The van der Waals surface area contributed by atoms with Crippen LogP contribution in [0.1, 0.15) is 31.1 Å². The molecule has 2 atom stereocenters. The van der Waals surface area contributed by atoms with Crippen LogP contribution in [0.15, 0.2) is 12.1 Å². The Kier molecular flexibility index (Phi) is 6.29. The van der Waals surface area contributed by atoms with Crippen LogP contribution in [0.25, 0.3) is 0 Å². The second-order valence-corrected chi connectivity index (χ2v) is 6.69. The van der Waals surface area contributed by atoms with Crippen LogP contribution < -0.4 is 5.32 Å². The fourth-order valence-electron chi connectivity index (χ4n) is 2.03. The van der Waals surface area contributed by atoms with Gasteiger partial charge in [0.25, 0.3) is 0 Å². The lowest BCUT2D eigenvalue weighted by atomic mass is 10.1. The van der Waals surface area contributed by atoms with Gasteiger partial charge in [-0.3, -0.25) is 4.79 Å². The summed E-state index contributed by atoms with van der Waals surface area (Å²) in [4.78, 5) is 12.9. The molecule has 4 nitrogen and oxygen atoms in total. The standard InChI is InChI=1S/C14H20ClNO3S/c1-10(19-9-11-4-2-3-7-18-11)14(17)16-8-12-5-6-13(15)20-12/h5-6,10-11H,2-4,7-9H2,1H3,(H,16,17)/t10-,11-/m1/s1. The third-order valence-electron chi connectivity index (χ3n) is 3.24. The third kappa shape index (κ3) is 5.05. The van der Waals surface area contributed by atoms with E-state index in [0.717, 1.165) is 28.7 Å². The monoisotopic (exact) mass is 317 g/mol. The molecule has 1 fully saturated rings. The number of hydrogen-bond donors (Lipinski definition) is 1. The number of hydrogen-bond acceptors (Lipinski definition) is 4. The first-order valence-corrected chi connectivity index (χ1v) is 8.09. The highest BCUT2D eigenvalue weighted by Gasteiger charge is 2.18. The van der Waals surface area contributed by atoms with Gasteiger partial charge in [0.05, 0.1) is 23.6 Å². The van der Waals surface area contributed by atoms with Crippen LogP contribution in [0, 0.1) is 0 Å². The van der Waals surface area contributed by atoms with Gasteiger partial charge in [-0.25, -0.2) is 0 Å². The maximum atomic E-state index is 11.9. The number of carbonyl (C=O) groups is 1. The molecule has 0 radical (unpaired) electrons. The van der Waals surface area contributed by atoms with Crippen LogP contribution in [0.5, 0.6) is 0 Å². The first-order valence-electron chi connectivity index (χ1n) is 6.90. The molecular formula is C14H20ClNO3S. The average Bonchev–Trinajstić information content (AvgIpc) is 2.89. The van der Waals surface area contributed by atoms with Gasteiger partial charge in [0.1, 0.15) is 6.10 Å². The topological polar surface area (TPSA) is 47.6 Å². The van der Waals surface area contributed by atoms with E-state index in [0.29, 0.717) is 13.2 Å². The van der Waals surface area contributed by atoms with Crippen molar-refractivity contribution in [1.82, 2.24) is 5.32 Å². The van der Waals surface area contributed by atoms with Crippen LogP contribution in [0.3, 0.4) is 0 Å². The van der Waals surface area contributed by atoms with Crippen LogP contribution in [0.2, 0.25) is 4.34 Å². The molecule has 0 bridgehead atoms. The Morgan fingerprint density at radius 3 is 3.10 bits per heavy atom. The van der Waals surface area contributed by atoms with Crippen molar-refractivity contribution >= 4 is 28.8 Å². The molecular weight excluding hydrogens is 298 g/mol. The normalized spacial score (nSPS) is 20.6. The van der Waals surface area contributed by atoms with E-state index in [1.165, 1.54) is 17.8 Å². The number of nitrogens with one attached hydrogen (secondary N) is 1. The minimum atomic E-state index is -0.462. The average molecular weight is 318 g/mol. The molecule has 0 spiro atoms.